The van der Waals surface area contributed by atoms with E-state index in [1.807, 2.05) is 20.8 Å². The predicted octanol–water partition coefficient (Wildman–Crippen LogP) is 3.45. The fourth-order valence-electron chi connectivity index (χ4n) is 1.76. The molecular formula is C15H17ClN2O2S. The first-order chi connectivity index (χ1) is 9.68. The van der Waals surface area contributed by atoms with Crippen molar-refractivity contribution in [2.45, 2.75) is 32.4 Å². The smallest absolute Gasteiger partial charge is 0.257 e. The van der Waals surface area contributed by atoms with E-state index in [9.17, 15) is 9.35 Å². The molecule has 2 aromatic rings. The van der Waals surface area contributed by atoms with Crippen LogP contribution in [0, 0.1) is 0 Å². The van der Waals surface area contributed by atoms with Crippen molar-refractivity contribution >= 4 is 39.6 Å². The predicted molar refractivity (Wildman–Crippen MR) is 89.7 cm³/mol. The number of nitrogens with zero attached hydrogens (tertiary/aromatic N) is 1. The van der Waals surface area contributed by atoms with Crippen LogP contribution in [-0.2, 0) is 11.4 Å². The van der Waals surface area contributed by atoms with Crippen LogP contribution in [0.2, 0.25) is 5.02 Å². The van der Waals surface area contributed by atoms with Crippen molar-refractivity contribution in [3.05, 3.63) is 45.2 Å². The van der Waals surface area contributed by atoms with Gasteiger partial charge in [0.1, 0.15) is 21.8 Å². The summed E-state index contributed by atoms with van der Waals surface area (Å²) in [7, 11) is 0. The summed E-state index contributed by atoms with van der Waals surface area (Å²) < 4.78 is 15.7. The molecule has 0 aliphatic rings. The molecule has 1 aromatic carbocycles. The van der Waals surface area contributed by atoms with Crippen LogP contribution >= 0.6 is 11.6 Å². The van der Waals surface area contributed by atoms with E-state index in [1.165, 1.54) is 0 Å². The maximum absolute atomic E-state index is 12.1. The monoisotopic (exact) mass is 324 g/mol. The van der Waals surface area contributed by atoms with E-state index in [2.05, 4.69) is 9.38 Å². The molecule has 0 amide bonds. The Hall–Kier alpha value is -1.30. The van der Waals surface area contributed by atoms with E-state index in [1.54, 1.807) is 31.2 Å². The summed E-state index contributed by atoms with van der Waals surface area (Å²) in [5.74, 6) is 0. The molecule has 1 atom stereocenters. The van der Waals surface area contributed by atoms with Gasteiger partial charge in [-0.25, -0.2) is 0 Å². The second-order valence-corrected chi connectivity index (χ2v) is 8.12. The Labute approximate surface area is 131 Å². The van der Waals surface area contributed by atoms with Crippen LogP contribution in [-0.4, -0.2) is 20.0 Å². The van der Waals surface area contributed by atoms with E-state index >= 15 is 0 Å². The van der Waals surface area contributed by atoms with Gasteiger partial charge < -0.3 is 9.54 Å². The molecule has 6 heteroatoms. The quantitative estimate of drug-likeness (QED) is 0.679. The fourth-order valence-corrected chi connectivity index (χ4v) is 2.56. The Bertz CT molecular complexity index is 762. The minimum absolute atomic E-state index is 0.253. The number of hydrogen-bond donors (Lipinski definition) is 1. The summed E-state index contributed by atoms with van der Waals surface area (Å²) >= 11 is 4.56. The molecule has 1 aromatic heterocycles. The van der Waals surface area contributed by atoms with Crippen molar-refractivity contribution in [1.82, 2.24) is 4.98 Å². The highest BCUT2D eigenvalue weighted by Gasteiger charge is 2.27. The van der Waals surface area contributed by atoms with Crippen LogP contribution in [0.4, 0.5) is 0 Å². The van der Waals surface area contributed by atoms with Crippen molar-refractivity contribution in [3.63, 3.8) is 0 Å². The zero-order valence-electron chi connectivity index (χ0n) is 12.4. The lowest BCUT2D eigenvalue weighted by Crippen LogP contribution is -2.27. The van der Waals surface area contributed by atoms with Gasteiger partial charge in [-0.1, -0.05) is 16.0 Å². The topological polar surface area (TPSA) is 68.3 Å². The average molecular weight is 325 g/mol. The second kappa shape index (κ2) is 5.83. The lowest BCUT2D eigenvalue weighted by Gasteiger charge is -2.18. The van der Waals surface area contributed by atoms with Gasteiger partial charge in [0.2, 0.25) is 0 Å². The molecule has 0 saturated carbocycles. The number of halogens is 1. The molecule has 4 nitrogen and oxygen atoms in total. The molecule has 1 heterocycles. The molecule has 0 bridgehead atoms. The van der Waals surface area contributed by atoms with Gasteiger partial charge in [0, 0.05) is 15.9 Å². The van der Waals surface area contributed by atoms with Gasteiger partial charge in [0.25, 0.3) is 5.56 Å². The van der Waals surface area contributed by atoms with Crippen molar-refractivity contribution in [3.8, 4) is 0 Å². The summed E-state index contributed by atoms with van der Waals surface area (Å²) in [6.07, 6.45) is 0. The third-order valence-corrected chi connectivity index (χ3v) is 4.66. The lowest BCUT2D eigenvalue weighted by molar-refractivity contribution is 0.561. The van der Waals surface area contributed by atoms with Gasteiger partial charge >= 0.3 is 0 Å². The standard InChI is InChI=1S/C15H17ClN2O2S/c1-9(18-21(20)15(2,3)4)12-8-10-7-11(16)5-6-13(10)17-14(12)19/h5-8H,1-4H3,(H,17,19)/b18-9+/t21-/m1/s1. The first-order valence-electron chi connectivity index (χ1n) is 6.49. The molecular weight excluding hydrogens is 308 g/mol. The van der Waals surface area contributed by atoms with E-state index in [0.29, 0.717) is 21.8 Å². The zero-order chi connectivity index (χ0) is 15.8. The Morgan fingerprint density at radius 2 is 2.00 bits per heavy atom. The van der Waals surface area contributed by atoms with Crippen molar-refractivity contribution in [2.24, 2.45) is 4.40 Å². The maximum atomic E-state index is 12.1. The average Bonchev–Trinajstić information content (AvgIpc) is 2.37. The molecule has 2 rings (SSSR count). The van der Waals surface area contributed by atoms with Gasteiger partial charge in [-0.05, 0) is 52.0 Å². The van der Waals surface area contributed by atoms with Gasteiger partial charge in [-0.2, -0.15) is 0 Å². The third-order valence-electron chi connectivity index (χ3n) is 2.94. The minimum atomic E-state index is -1.41. The van der Waals surface area contributed by atoms with Crippen LogP contribution in [0.25, 0.3) is 10.9 Å². The van der Waals surface area contributed by atoms with Crippen molar-refractivity contribution in [1.29, 1.82) is 0 Å². The summed E-state index contributed by atoms with van der Waals surface area (Å²) in [5, 5.41) is 1.40. The number of aromatic nitrogens is 1. The number of fused-ring (bicyclic) bond motifs is 1. The number of hydrogen-bond acceptors (Lipinski definition) is 3. The normalized spacial score (nSPS) is 14.5. The first-order valence-corrected chi connectivity index (χ1v) is 7.97. The molecule has 112 valence electrons. The molecule has 0 aliphatic carbocycles. The summed E-state index contributed by atoms with van der Waals surface area (Å²) in [4.78, 5) is 14.9. The maximum Gasteiger partial charge on any atom is 0.257 e. The van der Waals surface area contributed by atoms with E-state index in [0.717, 1.165) is 5.39 Å². The number of aromatic amines is 1. The Kier molecular flexibility index (Phi) is 4.46. The van der Waals surface area contributed by atoms with E-state index in [4.69, 9.17) is 11.6 Å². The number of benzene rings is 1. The molecule has 1 N–H and O–H groups in total. The molecule has 0 radical (unpaired) electrons. The van der Waals surface area contributed by atoms with Gasteiger partial charge in [-0.15, -0.1) is 0 Å². The van der Waals surface area contributed by atoms with Crippen molar-refractivity contribution < 1.29 is 4.55 Å². The van der Waals surface area contributed by atoms with Crippen LogP contribution in [0.1, 0.15) is 33.3 Å². The highest BCUT2D eigenvalue weighted by atomic mass is 35.5. The minimum Gasteiger partial charge on any atom is -0.591 e. The van der Waals surface area contributed by atoms with E-state index in [-0.39, 0.29) is 5.56 Å². The SMILES string of the molecule is C/C(=N\[S@+]([O-])C(C)(C)C)c1cc2cc(Cl)ccc2[nH]c1=O. The van der Waals surface area contributed by atoms with Crippen LogP contribution in [0.15, 0.2) is 33.5 Å². The Morgan fingerprint density at radius 1 is 1.33 bits per heavy atom. The largest absolute Gasteiger partial charge is 0.591 e. The molecule has 21 heavy (non-hydrogen) atoms. The molecule has 0 fully saturated rings. The Balaban J connectivity index is 2.53. The summed E-state index contributed by atoms with van der Waals surface area (Å²) in [6, 6.07) is 6.96. The second-order valence-electron chi connectivity index (χ2n) is 5.78. The number of pyridine rings is 1. The van der Waals surface area contributed by atoms with Gasteiger partial charge in [0.05, 0.1) is 5.56 Å². The number of H-pyrrole nitrogens is 1. The van der Waals surface area contributed by atoms with E-state index < -0.39 is 16.1 Å². The number of rotatable bonds is 2. The van der Waals surface area contributed by atoms with Crippen molar-refractivity contribution in [2.75, 3.05) is 0 Å². The van der Waals surface area contributed by atoms with Crippen LogP contribution in [0.3, 0.4) is 0 Å². The number of nitrogens with one attached hydrogen (secondary N) is 1. The van der Waals surface area contributed by atoms with Gasteiger partial charge in [0.15, 0.2) is 0 Å². The lowest BCUT2D eigenvalue weighted by atomic mass is 10.1. The first kappa shape index (κ1) is 16.1. The molecule has 0 spiro atoms. The third kappa shape index (κ3) is 3.67. The Morgan fingerprint density at radius 3 is 2.62 bits per heavy atom. The molecule has 0 unspecified atom stereocenters. The van der Waals surface area contributed by atoms with Gasteiger partial charge in [-0.3, -0.25) is 4.79 Å². The zero-order valence-corrected chi connectivity index (χ0v) is 13.9. The summed E-state index contributed by atoms with van der Waals surface area (Å²) in [5.41, 5.74) is 1.31. The fraction of sp³-hybridized carbons (Fsp3) is 0.333. The van der Waals surface area contributed by atoms with Crippen LogP contribution in [0.5, 0.6) is 0 Å². The summed E-state index contributed by atoms with van der Waals surface area (Å²) in [6.45, 7) is 7.20. The van der Waals surface area contributed by atoms with Crippen LogP contribution < -0.4 is 5.56 Å². The highest BCUT2D eigenvalue weighted by Crippen LogP contribution is 2.20. The highest BCUT2D eigenvalue weighted by molar-refractivity contribution is 7.91. The molecule has 0 saturated heterocycles. The molecule has 0 aliphatic heterocycles.